The minimum atomic E-state index is -3.71. The fraction of sp³-hybridized carbons (Fsp3) is 0.483. The number of nitrogens with one attached hydrogen (secondary N) is 1. The number of nitrogens with zero attached hydrogens (tertiary/aromatic N) is 5. The molecule has 228 valence electrons. The third kappa shape index (κ3) is 5.65. The van der Waals surface area contributed by atoms with Crippen LogP contribution in [0.2, 0.25) is 0 Å². The number of rotatable bonds is 8. The minimum Gasteiger partial charge on any atom is -0.460 e. The van der Waals surface area contributed by atoms with E-state index in [0.29, 0.717) is 33.8 Å². The number of hydrogen-bond donors (Lipinski definition) is 2. The van der Waals surface area contributed by atoms with Crippen LogP contribution < -0.4 is 14.5 Å². The molecule has 3 fully saturated rings. The van der Waals surface area contributed by atoms with Crippen LogP contribution in [0.4, 0.5) is 26.0 Å². The number of alkyl halides is 2. The van der Waals surface area contributed by atoms with Crippen LogP contribution in [-0.4, -0.2) is 73.2 Å². The molecule has 43 heavy (non-hydrogen) atoms. The molecule has 2 N–H and O–H groups in total. The zero-order valence-corrected chi connectivity index (χ0v) is 24.2. The monoisotopic (exact) mass is 614 g/mol. The van der Waals surface area contributed by atoms with E-state index in [1.165, 1.54) is 19.1 Å². The second kappa shape index (κ2) is 10.4. The number of piperidine rings is 2. The lowest BCUT2D eigenvalue weighted by Crippen LogP contribution is -2.39. The summed E-state index contributed by atoms with van der Waals surface area (Å²) in [5, 5.41) is 18.5. The lowest BCUT2D eigenvalue weighted by molar-refractivity contribution is -0.0221. The first-order valence-corrected chi connectivity index (χ1v) is 16.1. The molecule has 1 saturated carbocycles. The second-order valence-electron chi connectivity index (χ2n) is 11.8. The summed E-state index contributed by atoms with van der Waals surface area (Å²) in [5.74, 6) is -2.24. The number of hydrogen-bond acceptors (Lipinski definition) is 10. The number of benzene rings is 1. The first-order chi connectivity index (χ1) is 20.6. The highest BCUT2D eigenvalue weighted by Gasteiger charge is 2.44. The molecule has 0 amide bonds. The van der Waals surface area contributed by atoms with Crippen LogP contribution in [0.15, 0.2) is 45.4 Å². The summed E-state index contributed by atoms with van der Waals surface area (Å²) in [6.45, 7) is 1.44. The summed E-state index contributed by atoms with van der Waals surface area (Å²) in [5.41, 5.74) is 3.13. The molecule has 0 bridgehead atoms. The summed E-state index contributed by atoms with van der Waals surface area (Å²) in [6.07, 6.45) is 5.61. The molecule has 3 aromatic heterocycles. The van der Waals surface area contributed by atoms with Gasteiger partial charge in [0.25, 0.3) is 11.8 Å². The average molecular weight is 615 g/mol. The number of halogens is 2. The molecule has 4 aromatic rings. The molecule has 2 saturated heterocycles. The quantitative estimate of drug-likeness (QED) is 0.282. The topological polar surface area (TPSA) is 138 Å². The Morgan fingerprint density at radius 3 is 2.37 bits per heavy atom. The number of fused-ring (bicyclic) bond motifs is 1. The maximum Gasteiger partial charge on any atom is 0.266 e. The van der Waals surface area contributed by atoms with Crippen molar-refractivity contribution in [2.75, 3.05) is 53.1 Å². The van der Waals surface area contributed by atoms with Crippen molar-refractivity contribution in [1.29, 1.82) is 0 Å². The van der Waals surface area contributed by atoms with Gasteiger partial charge in [-0.3, -0.25) is 4.72 Å². The van der Waals surface area contributed by atoms with Gasteiger partial charge in [-0.1, -0.05) is 0 Å². The van der Waals surface area contributed by atoms with Crippen molar-refractivity contribution in [3.8, 4) is 23.0 Å². The number of furan rings is 1. The first-order valence-electron chi connectivity index (χ1n) is 14.5. The number of aliphatic hydroxyl groups excluding tert-OH is 1. The maximum absolute atomic E-state index is 13.9. The van der Waals surface area contributed by atoms with Gasteiger partial charge >= 0.3 is 0 Å². The number of anilines is 3. The fourth-order valence-electron chi connectivity index (χ4n) is 6.05. The van der Waals surface area contributed by atoms with Gasteiger partial charge in [0.15, 0.2) is 11.4 Å². The van der Waals surface area contributed by atoms with E-state index in [2.05, 4.69) is 19.8 Å². The molecule has 1 spiro atoms. The summed E-state index contributed by atoms with van der Waals surface area (Å²) >= 11 is 0. The third-order valence-electron chi connectivity index (χ3n) is 8.84. The zero-order valence-electron chi connectivity index (χ0n) is 23.4. The van der Waals surface area contributed by atoms with Crippen LogP contribution in [0.3, 0.4) is 0 Å². The molecule has 0 atom stereocenters. The Morgan fingerprint density at radius 2 is 1.65 bits per heavy atom. The van der Waals surface area contributed by atoms with Gasteiger partial charge < -0.3 is 23.7 Å². The van der Waals surface area contributed by atoms with Gasteiger partial charge in [0.05, 0.1) is 35.6 Å². The van der Waals surface area contributed by atoms with Gasteiger partial charge in [-0.05, 0) is 61.4 Å². The lowest BCUT2D eigenvalue weighted by atomic mass is 9.93. The molecule has 0 radical (unpaired) electrons. The van der Waals surface area contributed by atoms with Crippen molar-refractivity contribution in [1.82, 2.24) is 15.2 Å². The van der Waals surface area contributed by atoms with Crippen LogP contribution in [0, 0.1) is 5.41 Å². The Labute approximate surface area is 246 Å². The van der Waals surface area contributed by atoms with Gasteiger partial charge in [-0.15, -0.1) is 10.2 Å². The van der Waals surface area contributed by atoms with Crippen molar-refractivity contribution in [3.63, 3.8) is 0 Å². The van der Waals surface area contributed by atoms with Crippen LogP contribution in [0.25, 0.3) is 34.0 Å². The summed E-state index contributed by atoms with van der Waals surface area (Å²) < 4.78 is 66.8. The molecular formula is C29H32F2N6O5S. The highest BCUT2D eigenvalue weighted by Crippen LogP contribution is 2.54. The number of aromatic nitrogens is 3. The Bertz CT molecular complexity index is 1750. The molecule has 2 aliphatic heterocycles. The van der Waals surface area contributed by atoms with Crippen LogP contribution >= 0.6 is 0 Å². The molecular weight excluding hydrogens is 582 g/mol. The number of sulfonamides is 1. The number of aliphatic hydroxyl groups is 1. The van der Waals surface area contributed by atoms with Crippen molar-refractivity contribution >= 4 is 38.2 Å². The molecule has 11 nitrogen and oxygen atoms in total. The Kier molecular flexibility index (Phi) is 6.80. The minimum absolute atomic E-state index is 0.142. The van der Waals surface area contributed by atoms with Gasteiger partial charge in [-0.25, -0.2) is 22.2 Å². The van der Waals surface area contributed by atoms with Gasteiger partial charge in [-0.2, -0.15) is 0 Å². The van der Waals surface area contributed by atoms with E-state index in [1.54, 1.807) is 35.2 Å². The standard InChI is InChI=1S/C29H32F2N6O5S/c30-29(31)8-12-37(13-9-29)25-24-19(3-15-41-24)17-22(32-25)27-34-33-26(42-27)21-2-1-20(35-43(39,40)16-14-38)18-23(21)36-10-6-28(4-5-28)7-11-36/h1-3,15,17-18,35,38H,4-14,16H2. The molecule has 5 heterocycles. The summed E-state index contributed by atoms with van der Waals surface area (Å²) in [6, 6.07) is 8.68. The SMILES string of the molecule is O=S(=O)(CCO)Nc1ccc(-c2nnc(-c3cc4ccoc4c(N4CCC(F)(F)CC4)n3)o2)c(N2CCC3(CC2)CC3)c1. The Hall–Kier alpha value is -3.78. The molecule has 14 heteroatoms. The van der Waals surface area contributed by atoms with E-state index >= 15 is 0 Å². The van der Waals surface area contributed by atoms with Gasteiger partial charge in [0.1, 0.15) is 5.69 Å². The van der Waals surface area contributed by atoms with Crippen molar-refractivity contribution < 1.29 is 31.1 Å². The zero-order chi connectivity index (χ0) is 29.8. The van der Waals surface area contributed by atoms with E-state index in [9.17, 15) is 17.2 Å². The molecule has 7 rings (SSSR count). The highest BCUT2D eigenvalue weighted by molar-refractivity contribution is 7.92. The fourth-order valence-corrected chi connectivity index (χ4v) is 6.88. The summed E-state index contributed by atoms with van der Waals surface area (Å²) in [4.78, 5) is 8.72. The maximum atomic E-state index is 13.9. The van der Waals surface area contributed by atoms with Crippen molar-refractivity contribution in [3.05, 3.63) is 36.6 Å². The van der Waals surface area contributed by atoms with E-state index in [1.807, 2.05) is 0 Å². The van der Waals surface area contributed by atoms with E-state index < -0.39 is 28.3 Å². The molecule has 0 unspecified atom stereocenters. The molecule has 1 aliphatic carbocycles. The Morgan fingerprint density at radius 1 is 0.930 bits per heavy atom. The summed E-state index contributed by atoms with van der Waals surface area (Å²) in [7, 11) is -3.71. The lowest BCUT2D eigenvalue weighted by Gasteiger charge is -2.35. The first kappa shape index (κ1) is 28.0. The van der Waals surface area contributed by atoms with Crippen LogP contribution in [-0.2, 0) is 10.0 Å². The van der Waals surface area contributed by atoms with Crippen LogP contribution in [0.1, 0.15) is 38.5 Å². The highest BCUT2D eigenvalue weighted by atomic mass is 32.2. The molecule has 1 aromatic carbocycles. The average Bonchev–Trinajstić information content (AvgIpc) is 3.34. The predicted octanol–water partition coefficient (Wildman–Crippen LogP) is 4.89. The largest absolute Gasteiger partial charge is 0.460 e. The van der Waals surface area contributed by atoms with E-state index in [4.69, 9.17) is 18.9 Å². The third-order valence-corrected chi connectivity index (χ3v) is 10.1. The van der Waals surface area contributed by atoms with E-state index in [-0.39, 0.29) is 37.7 Å². The smallest absolute Gasteiger partial charge is 0.266 e. The van der Waals surface area contributed by atoms with Gasteiger partial charge in [0.2, 0.25) is 15.9 Å². The van der Waals surface area contributed by atoms with Crippen molar-refractivity contribution in [2.24, 2.45) is 5.41 Å². The van der Waals surface area contributed by atoms with Gasteiger partial charge in [0, 0.05) is 44.4 Å². The Balaban J connectivity index is 1.23. The van der Waals surface area contributed by atoms with Crippen molar-refractivity contribution in [2.45, 2.75) is 44.4 Å². The predicted molar refractivity (Wildman–Crippen MR) is 157 cm³/mol. The normalized spacial score (nSPS) is 19.7. The second-order valence-corrected chi connectivity index (χ2v) is 13.6. The number of pyridine rings is 1. The van der Waals surface area contributed by atoms with E-state index in [0.717, 1.165) is 37.0 Å². The van der Waals surface area contributed by atoms with Crippen LogP contribution in [0.5, 0.6) is 0 Å². The molecule has 3 aliphatic rings.